The van der Waals surface area contributed by atoms with Crippen LogP contribution in [0.1, 0.15) is 6.42 Å². The van der Waals surface area contributed by atoms with Crippen molar-refractivity contribution in [2.24, 2.45) is 11.3 Å². The highest BCUT2D eigenvalue weighted by Crippen LogP contribution is 2.41. The van der Waals surface area contributed by atoms with Gasteiger partial charge in [0.05, 0.1) is 12.0 Å². The minimum Gasteiger partial charge on any atom is -0.477 e. The molecule has 1 spiro atoms. The third kappa shape index (κ3) is 2.18. The van der Waals surface area contributed by atoms with E-state index < -0.39 is 0 Å². The topological polar surface area (TPSA) is 54.5 Å². The van der Waals surface area contributed by atoms with E-state index in [4.69, 9.17) is 4.74 Å². The van der Waals surface area contributed by atoms with Crippen molar-refractivity contribution in [1.29, 1.82) is 0 Å². The smallest absolute Gasteiger partial charge is 0.228 e. The summed E-state index contributed by atoms with van der Waals surface area (Å²) in [6, 6.07) is 5.61. The Morgan fingerprint density at radius 2 is 2.47 bits per heavy atom. The van der Waals surface area contributed by atoms with Gasteiger partial charge >= 0.3 is 0 Å². The number of carbonyl (C=O) groups is 1. The molecule has 0 aliphatic carbocycles. The average Bonchev–Trinajstić information content (AvgIpc) is 2.95. The summed E-state index contributed by atoms with van der Waals surface area (Å²) in [5.41, 5.74) is -0.260. The van der Waals surface area contributed by atoms with Crippen LogP contribution in [0.4, 0.5) is 0 Å². The second kappa shape index (κ2) is 4.81. The van der Waals surface area contributed by atoms with Gasteiger partial charge < -0.3 is 15.0 Å². The highest BCUT2D eigenvalue weighted by Gasteiger charge is 2.53. The second-order valence-electron chi connectivity index (χ2n) is 5.53. The number of nitrogens with one attached hydrogen (secondary N) is 1. The van der Waals surface area contributed by atoms with Gasteiger partial charge in [-0.1, -0.05) is 6.07 Å². The van der Waals surface area contributed by atoms with Crippen molar-refractivity contribution in [3.63, 3.8) is 0 Å². The highest BCUT2D eigenvalue weighted by molar-refractivity contribution is 5.86. The number of likely N-dealkylation sites (tertiary alicyclic amines) is 1. The number of amides is 1. The summed E-state index contributed by atoms with van der Waals surface area (Å²) in [6.45, 7) is 3.06. The number of nitrogens with zero attached hydrogens (tertiary/aromatic N) is 2. The predicted octanol–water partition coefficient (Wildman–Crippen LogP) is 0.528. The summed E-state index contributed by atoms with van der Waals surface area (Å²) in [7, 11) is 2.07. The van der Waals surface area contributed by atoms with Gasteiger partial charge in [0.25, 0.3) is 0 Å². The Kier molecular flexibility index (Phi) is 3.14. The Bertz CT molecular complexity index is 465. The molecular formula is C14H19N3O2. The second-order valence-corrected chi connectivity index (χ2v) is 5.53. The Morgan fingerprint density at radius 3 is 3.16 bits per heavy atom. The average molecular weight is 261 g/mol. The van der Waals surface area contributed by atoms with Crippen molar-refractivity contribution in [2.75, 3.05) is 33.3 Å². The Labute approximate surface area is 113 Å². The first-order chi connectivity index (χ1) is 9.21. The molecule has 0 bridgehead atoms. The number of hydrogen-bond acceptors (Lipinski definition) is 4. The molecule has 5 heteroatoms. The SMILES string of the molecule is CN1CC[C@]2(C1)C(=O)NC[C@H]2COc1ccccn1. The van der Waals surface area contributed by atoms with Gasteiger partial charge in [-0.2, -0.15) is 0 Å². The fourth-order valence-corrected chi connectivity index (χ4v) is 3.16. The first-order valence-corrected chi connectivity index (χ1v) is 6.71. The molecule has 2 aliphatic rings. The van der Waals surface area contributed by atoms with E-state index in [2.05, 4.69) is 22.2 Å². The maximum absolute atomic E-state index is 12.2. The van der Waals surface area contributed by atoms with E-state index in [0.29, 0.717) is 19.0 Å². The number of aromatic nitrogens is 1. The van der Waals surface area contributed by atoms with Crippen LogP contribution in [0.15, 0.2) is 24.4 Å². The molecule has 19 heavy (non-hydrogen) atoms. The molecule has 2 fully saturated rings. The van der Waals surface area contributed by atoms with Crippen LogP contribution in [0.2, 0.25) is 0 Å². The van der Waals surface area contributed by atoms with Crippen molar-refractivity contribution in [2.45, 2.75) is 6.42 Å². The van der Waals surface area contributed by atoms with Crippen molar-refractivity contribution < 1.29 is 9.53 Å². The molecule has 2 atom stereocenters. The molecule has 0 radical (unpaired) electrons. The van der Waals surface area contributed by atoms with Crippen LogP contribution >= 0.6 is 0 Å². The minimum atomic E-state index is -0.260. The van der Waals surface area contributed by atoms with Gasteiger partial charge in [-0.3, -0.25) is 4.79 Å². The van der Waals surface area contributed by atoms with Crippen LogP contribution in [0, 0.1) is 11.3 Å². The molecule has 1 aromatic heterocycles. The standard InChI is InChI=1S/C14H19N3O2/c1-17-7-5-14(10-17)11(8-16-13(14)18)9-19-12-4-2-3-6-15-12/h2-4,6,11H,5,7-10H2,1H3,(H,16,18)/t11-,14+/m0/s1. The van der Waals surface area contributed by atoms with E-state index in [1.807, 2.05) is 18.2 Å². The van der Waals surface area contributed by atoms with Gasteiger partial charge in [-0.15, -0.1) is 0 Å². The number of ether oxygens (including phenoxy) is 1. The fraction of sp³-hybridized carbons (Fsp3) is 0.571. The van der Waals surface area contributed by atoms with Gasteiger partial charge in [0.1, 0.15) is 0 Å². The van der Waals surface area contributed by atoms with Crippen molar-refractivity contribution >= 4 is 5.91 Å². The number of hydrogen-bond donors (Lipinski definition) is 1. The lowest BCUT2D eigenvalue weighted by Gasteiger charge is -2.27. The quantitative estimate of drug-likeness (QED) is 0.862. The molecule has 3 rings (SSSR count). The summed E-state index contributed by atoms with van der Waals surface area (Å²) >= 11 is 0. The molecule has 2 saturated heterocycles. The first kappa shape index (κ1) is 12.4. The number of rotatable bonds is 3. The lowest BCUT2D eigenvalue weighted by Crippen LogP contribution is -2.39. The Balaban J connectivity index is 1.69. The molecule has 1 amide bonds. The summed E-state index contributed by atoms with van der Waals surface area (Å²) < 4.78 is 5.74. The van der Waals surface area contributed by atoms with Crippen molar-refractivity contribution in [3.8, 4) is 5.88 Å². The van der Waals surface area contributed by atoms with Gasteiger partial charge in [0.2, 0.25) is 11.8 Å². The van der Waals surface area contributed by atoms with Crippen molar-refractivity contribution in [3.05, 3.63) is 24.4 Å². The van der Waals surface area contributed by atoms with Crippen LogP contribution < -0.4 is 10.1 Å². The van der Waals surface area contributed by atoms with Crippen LogP contribution in [-0.4, -0.2) is 49.1 Å². The normalized spacial score (nSPS) is 30.8. The summed E-state index contributed by atoms with van der Waals surface area (Å²) in [5, 5.41) is 2.99. The molecule has 3 heterocycles. The zero-order valence-electron chi connectivity index (χ0n) is 11.1. The van der Waals surface area contributed by atoms with Crippen LogP contribution in [0.25, 0.3) is 0 Å². The lowest BCUT2D eigenvalue weighted by atomic mass is 9.77. The molecular weight excluding hydrogens is 242 g/mol. The molecule has 0 saturated carbocycles. The van der Waals surface area contributed by atoms with Crippen LogP contribution in [0.5, 0.6) is 5.88 Å². The number of pyridine rings is 1. The fourth-order valence-electron chi connectivity index (χ4n) is 3.16. The summed E-state index contributed by atoms with van der Waals surface area (Å²) in [4.78, 5) is 18.5. The number of carbonyl (C=O) groups excluding carboxylic acids is 1. The van der Waals surface area contributed by atoms with Crippen molar-refractivity contribution in [1.82, 2.24) is 15.2 Å². The zero-order valence-corrected chi connectivity index (χ0v) is 11.1. The van der Waals surface area contributed by atoms with E-state index in [9.17, 15) is 4.79 Å². The van der Waals surface area contributed by atoms with E-state index in [-0.39, 0.29) is 17.2 Å². The summed E-state index contributed by atoms with van der Waals surface area (Å²) in [6.07, 6.45) is 2.64. The third-order valence-corrected chi connectivity index (χ3v) is 4.30. The first-order valence-electron chi connectivity index (χ1n) is 6.71. The molecule has 1 N–H and O–H groups in total. The largest absolute Gasteiger partial charge is 0.477 e. The van der Waals surface area contributed by atoms with Gasteiger partial charge in [0.15, 0.2) is 0 Å². The lowest BCUT2D eigenvalue weighted by molar-refractivity contribution is -0.128. The third-order valence-electron chi connectivity index (χ3n) is 4.30. The zero-order chi connectivity index (χ0) is 13.3. The maximum atomic E-state index is 12.2. The van der Waals surface area contributed by atoms with Gasteiger partial charge in [-0.05, 0) is 26.1 Å². The van der Waals surface area contributed by atoms with E-state index in [1.54, 1.807) is 6.20 Å². The minimum absolute atomic E-state index is 0.187. The maximum Gasteiger partial charge on any atom is 0.228 e. The van der Waals surface area contributed by atoms with Crippen LogP contribution in [-0.2, 0) is 4.79 Å². The Morgan fingerprint density at radius 1 is 1.58 bits per heavy atom. The van der Waals surface area contributed by atoms with Gasteiger partial charge in [0, 0.05) is 31.3 Å². The molecule has 1 aromatic rings. The van der Waals surface area contributed by atoms with E-state index >= 15 is 0 Å². The van der Waals surface area contributed by atoms with E-state index in [1.165, 1.54) is 0 Å². The van der Waals surface area contributed by atoms with Gasteiger partial charge in [-0.25, -0.2) is 4.98 Å². The molecule has 2 aliphatic heterocycles. The Hall–Kier alpha value is -1.62. The predicted molar refractivity (Wildman–Crippen MR) is 70.8 cm³/mol. The molecule has 102 valence electrons. The molecule has 5 nitrogen and oxygen atoms in total. The van der Waals surface area contributed by atoms with Crippen LogP contribution in [0.3, 0.4) is 0 Å². The highest BCUT2D eigenvalue weighted by atomic mass is 16.5. The monoisotopic (exact) mass is 261 g/mol. The molecule has 0 aromatic carbocycles. The summed E-state index contributed by atoms with van der Waals surface area (Å²) in [5.74, 6) is 1.04. The molecule has 0 unspecified atom stereocenters. The van der Waals surface area contributed by atoms with E-state index in [0.717, 1.165) is 19.5 Å².